The number of hydrazine groups is 1. The monoisotopic (exact) mass is 292 g/mol. The molecule has 1 aliphatic rings. The van der Waals surface area contributed by atoms with Crippen LogP contribution in [0.2, 0.25) is 0 Å². The highest BCUT2D eigenvalue weighted by atomic mass is 32.2. The molecule has 114 valence electrons. The Morgan fingerprint density at radius 2 is 1.95 bits per heavy atom. The number of nitrogens with one attached hydrogen (secondary N) is 1. The fraction of sp³-hybridized carbons (Fsp3) is 1.00. The van der Waals surface area contributed by atoms with Crippen molar-refractivity contribution in [2.45, 2.75) is 56.9 Å². The highest BCUT2D eigenvalue weighted by Gasteiger charge is 2.37. The Balaban J connectivity index is 2.81. The number of methoxy groups -OCH3 is 1. The van der Waals surface area contributed by atoms with Crippen molar-refractivity contribution in [3.63, 3.8) is 0 Å². The lowest BCUT2D eigenvalue weighted by Gasteiger charge is -2.38. The van der Waals surface area contributed by atoms with Crippen molar-refractivity contribution in [3.05, 3.63) is 0 Å². The molecule has 1 aliphatic carbocycles. The largest absolute Gasteiger partial charge is 0.380 e. The number of ether oxygens (including phenoxy) is 1. The van der Waals surface area contributed by atoms with Crippen LogP contribution in [0.3, 0.4) is 0 Å². The molecule has 1 saturated carbocycles. The summed E-state index contributed by atoms with van der Waals surface area (Å²) in [6, 6.07) is 0.00884. The van der Waals surface area contributed by atoms with E-state index < -0.39 is 9.84 Å². The predicted octanol–water partition coefficient (Wildman–Crippen LogP) is 1.09. The van der Waals surface area contributed by atoms with Crippen LogP contribution >= 0.6 is 0 Å². The van der Waals surface area contributed by atoms with Gasteiger partial charge in [0.05, 0.1) is 17.4 Å². The van der Waals surface area contributed by atoms with Gasteiger partial charge in [0.2, 0.25) is 0 Å². The van der Waals surface area contributed by atoms with Crippen molar-refractivity contribution < 1.29 is 13.2 Å². The third kappa shape index (κ3) is 4.41. The second kappa shape index (κ2) is 7.02. The molecule has 0 amide bonds. The summed E-state index contributed by atoms with van der Waals surface area (Å²) >= 11 is 0. The van der Waals surface area contributed by atoms with Crippen molar-refractivity contribution in [3.8, 4) is 0 Å². The minimum Gasteiger partial charge on any atom is -0.380 e. The molecule has 1 rings (SSSR count). The van der Waals surface area contributed by atoms with Gasteiger partial charge in [0.15, 0.2) is 0 Å². The van der Waals surface area contributed by atoms with Crippen LogP contribution in [-0.4, -0.2) is 39.2 Å². The number of hydrogen-bond donors (Lipinski definition) is 2. The maximum Gasteiger partial charge on any atom is 0.150 e. The zero-order valence-electron chi connectivity index (χ0n) is 12.4. The van der Waals surface area contributed by atoms with Gasteiger partial charge in [-0.05, 0) is 31.1 Å². The molecular weight excluding hydrogens is 264 g/mol. The smallest absolute Gasteiger partial charge is 0.150 e. The van der Waals surface area contributed by atoms with Crippen LogP contribution in [0.25, 0.3) is 0 Å². The van der Waals surface area contributed by atoms with Crippen molar-refractivity contribution in [1.29, 1.82) is 0 Å². The second-order valence-corrected chi connectivity index (χ2v) is 8.34. The van der Waals surface area contributed by atoms with Crippen LogP contribution in [0.1, 0.15) is 39.5 Å². The Bertz CT molecular complexity index is 370. The van der Waals surface area contributed by atoms with Crippen molar-refractivity contribution in [2.75, 3.05) is 13.4 Å². The average Bonchev–Trinajstić information content (AvgIpc) is 2.34. The molecule has 0 saturated heterocycles. The zero-order chi connectivity index (χ0) is 14.6. The van der Waals surface area contributed by atoms with Crippen LogP contribution in [0.5, 0.6) is 0 Å². The predicted molar refractivity (Wildman–Crippen MR) is 77.3 cm³/mol. The number of nitrogens with two attached hydrogens (primary N) is 1. The number of hydrogen-bond acceptors (Lipinski definition) is 5. The SMILES string of the molecule is COC(C(C)C)C(NN)C1CCCC(S(C)(=O)=O)C1. The van der Waals surface area contributed by atoms with E-state index in [9.17, 15) is 8.42 Å². The second-order valence-electron chi connectivity index (χ2n) is 6.02. The van der Waals surface area contributed by atoms with E-state index in [-0.39, 0.29) is 23.3 Å². The average molecular weight is 292 g/mol. The van der Waals surface area contributed by atoms with Gasteiger partial charge in [0.1, 0.15) is 9.84 Å². The first-order valence-electron chi connectivity index (χ1n) is 6.99. The topological polar surface area (TPSA) is 81.4 Å². The molecule has 19 heavy (non-hydrogen) atoms. The van der Waals surface area contributed by atoms with Gasteiger partial charge in [-0.25, -0.2) is 8.42 Å². The summed E-state index contributed by atoms with van der Waals surface area (Å²) in [5.74, 6) is 6.29. The summed E-state index contributed by atoms with van der Waals surface area (Å²) in [6.45, 7) is 4.19. The summed E-state index contributed by atoms with van der Waals surface area (Å²) in [6.07, 6.45) is 4.74. The molecule has 5 nitrogen and oxygen atoms in total. The maximum absolute atomic E-state index is 11.7. The molecule has 3 N–H and O–H groups in total. The van der Waals surface area contributed by atoms with E-state index in [2.05, 4.69) is 19.3 Å². The minimum absolute atomic E-state index is 0.00769. The first-order chi connectivity index (χ1) is 8.81. The summed E-state index contributed by atoms with van der Waals surface area (Å²) in [5.41, 5.74) is 2.86. The van der Waals surface area contributed by atoms with Gasteiger partial charge in [0, 0.05) is 13.4 Å². The Morgan fingerprint density at radius 3 is 2.37 bits per heavy atom. The van der Waals surface area contributed by atoms with Gasteiger partial charge < -0.3 is 4.74 Å². The van der Waals surface area contributed by atoms with Crippen LogP contribution < -0.4 is 11.3 Å². The fourth-order valence-electron chi connectivity index (χ4n) is 3.23. The molecule has 6 heteroatoms. The first-order valence-corrected chi connectivity index (χ1v) is 8.94. The van der Waals surface area contributed by atoms with Crippen LogP contribution in [0.15, 0.2) is 0 Å². The lowest BCUT2D eigenvalue weighted by Crippen LogP contribution is -2.53. The van der Waals surface area contributed by atoms with Crippen LogP contribution in [0, 0.1) is 11.8 Å². The standard InChI is InChI=1S/C13H28N2O3S/c1-9(2)13(18-3)12(15-14)10-6-5-7-11(8-10)19(4,16)17/h9-13,15H,5-8,14H2,1-4H3. The molecule has 0 aromatic rings. The van der Waals surface area contributed by atoms with E-state index in [1.54, 1.807) is 7.11 Å². The van der Waals surface area contributed by atoms with Gasteiger partial charge in [-0.3, -0.25) is 11.3 Å². The Kier molecular flexibility index (Phi) is 6.23. The highest BCUT2D eigenvalue weighted by molar-refractivity contribution is 7.91. The summed E-state index contributed by atoms with van der Waals surface area (Å²) < 4.78 is 29.0. The molecule has 0 heterocycles. The van der Waals surface area contributed by atoms with Crippen molar-refractivity contribution in [2.24, 2.45) is 17.7 Å². The van der Waals surface area contributed by atoms with Crippen molar-refractivity contribution in [1.82, 2.24) is 5.43 Å². The van der Waals surface area contributed by atoms with Gasteiger partial charge >= 0.3 is 0 Å². The maximum atomic E-state index is 11.7. The van der Waals surface area contributed by atoms with Crippen LogP contribution in [-0.2, 0) is 14.6 Å². The number of sulfone groups is 1. The molecule has 0 bridgehead atoms. The third-order valence-electron chi connectivity index (χ3n) is 4.26. The van der Waals surface area contributed by atoms with E-state index in [1.807, 2.05) is 0 Å². The highest BCUT2D eigenvalue weighted by Crippen LogP contribution is 2.33. The fourth-order valence-corrected chi connectivity index (χ4v) is 4.42. The molecule has 4 unspecified atom stereocenters. The molecule has 1 fully saturated rings. The molecule has 0 aliphatic heterocycles. The number of rotatable bonds is 6. The van der Waals surface area contributed by atoms with Gasteiger partial charge in [-0.1, -0.05) is 20.3 Å². The zero-order valence-corrected chi connectivity index (χ0v) is 13.2. The van der Waals surface area contributed by atoms with Crippen LogP contribution in [0.4, 0.5) is 0 Å². The van der Waals surface area contributed by atoms with E-state index in [1.165, 1.54) is 6.26 Å². The molecule has 0 aromatic heterocycles. The molecule has 4 atom stereocenters. The van der Waals surface area contributed by atoms with Gasteiger partial charge in [-0.2, -0.15) is 0 Å². The van der Waals surface area contributed by atoms with Gasteiger partial charge in [0.25, 0.3) is 0 Å². The Labute approximate surface area is 117 Å². The first kappa shape index (κ1) is 16.9. The molecule has 0 spiro atoms. The Morgan fingerprint density at radius 1 is 1.32 bits per heavy atom. The van der Waals surface area contributed by atoms with Gasteiger partial charge in [-0.15, -0.1) is 0 Å². The van der Waals surface area contributed by atoms with E-state index in [0.29, 0.717) is 12.3 Å². The molecule has 0 aromatic carbocycles. The summed E-state index contributed by atoms with van der Waals surface area (Å²) in [7, 11) is -1.28. The summed E-state index contributed by atoms with van der Waals surface area (Å²) in [4.78, 5) is 0. The molecule has 0 radical (unpaired) electrons. The van der Waals surface area contributed by atoms with E-state index >= 15 is 0 Å². The lowest BCUT2D eigenvalue weighted by atomic mass is 9.79. The van der Waals surface area contributed by atoms with E-state index in [0.717, 1.165) is 19.3 Å². The van der Waals surface area contributed by atoms with E-state index in [4.69, 9.17) is 10.6 Å². The summed E-state index contributed by atoms with van der Waals surface area (Å²) in [5, 5.41) is -0.230. The van der Waals surface area contributed by atoms with Crippen molar-refractivity contribution >= 4 is 9.84 Å². The normalized spacial score (nSPS) is 28.3. The lowest BCUT2D eigenvalue weighted by molar-refractivity contribution is 0.00866. The molecular formula is C13H28N2O3S. The third-order valence-corrected chi connectivity index (χ3v) is 5.89. The Hall–Kier alpha value is -0.170. The minimum atomic E-state index is -2.96. The quantitative estimate of drug-likeness (QED) is 0.566.